The molecule has 41 heavy (non-hydrogen) atoms. The summed E-state index contributed by atoms with van der Waals surface area (Å²) in [5.74, 6) is -0.472. The number of carbonyl (C=O) groups excluding carboxylic acids is 2. The molecule has 2 aliphatic heterocycles. The van der Waals surface area contributed by atoms with Gasteiger partial charge in [-0.25, -0.2) is 5.48 Å². The minimum Gasteiger partial charge on any atom is -0.395 e. The van der Waals surface area contributed by atoms with Gasteiger partial charge in [-0.1, -0.05) is 49.2 Å². The number of carbonyl (C=O) groups is 2. The van der Waals surface area contributed by atoms with Crippen molar-refractivity contribution in [1.29, 1.82) is 0 Å². The molecule has 0 unspecified atom stereocenters. The van der Waals surface area contributed by atoms with Gasteiger partial charge in [0.25, 0.3) is 0 Å². The van der Waals surface area contributed by atoms with Crippen LogP contribution in [0.1, 0.15) is 86.9 Å². The van der Waals surface area contributed by atoms with Gasteiger partial charge in [0.05, 0.1) is 25.4 Å². The molecule has 2 heterocycles. The number of unbranched alkanes of at least 4 members (excludes halogenated alkanes) is 3. The molecule has 0 saturated carbocycles. The van der Waals surface area contributed by atoms with Gasteiger partial charge in [-0.2, -0.15) is 0 Å². The highest BCUT2D eigenvalue weighted by atomic mass is 16.7. The first-order valence-corrected chi connectivity index (χ1v) is 14.7. The SMILES string of the molecule is O=C(CCCCCCC(=O)Nc1cccc([C@H]2O[C@@H](CN3CCC[C@H]3CO)C[C@@H](c3ccc(CO)cc3)O2)c1)NO. The van der Waals surface area contributed by atoms with Crippen molar-refractivity contribution in [2.45, 2.75) is 88.9 Å². The Labute approximate surface area is 241 Å². The van der Waals surface area contributed by atoms with E-state index in [0.717, 1.165) is 48.9 Å². The van der Waals surface area contributed by atoms with E-state index in [4.69, 9.17) is 14.7 Å². The summed E-state index contributed by atoms with van der Waals surface area (Å²) in [6, 6.07) is 15.5. The first-order valence-electron chi connectivity index (χ1n) is 14.7. The summed E-state index contributed by atoms with van der Waals surface area (Å²) in [7, 11) is 0. The van der Waals surface area contributed by atoms with Gasteiger partial charge in [0, 0.05) is 43.1 Å². The molecule has 224 valence electrons. The van der Waals surface area contributed by atoms with Crippen molar-refractivity contribution in [3.63, 3.8) is 0 Å². The summed E-state index contributed by atoms with van der Waals surface area (Å²) in [6.07, 6.45) is 5.45. The number of nitrogens with one attached hydrogen (secondary N) is 2. The van der Waals surface area contributed by atoms with E-state index in [1.807, 2.05) is 48.5 Å². The number of hydroxylamine groups is 1. The number of hydrogen-bond acceptors (Lipinski definition) is 8. The van der Waals surface area contributed by atoms with Gasteiger partial charge in [-0.3, -0.25) is 19.7 Å². The van der Waals surface area contributed by atoms with Crippen LogP contribution in [0.2, 0.25) is 0 Å². The molecule has 2 amide bonds. The molecule has 4 rings (SSSR count). The Hall–Kier alpha value is -2.86. The molecule has 0 spiro atoms. The largest absolute Gasteiger partial charge is 0.395 e. The minimum absolute atomic E-state index is 0.0143. The van der Waals surface area contributed by atoms with Gasteiger partial charge in [0.1, 0.15) is 0 Å². The zero-order chi connectivity index (χ0) is 29.0. The molecule has 0 radical (unpaired) electrons. The first-order chi connectivity index (χ1) is 20.0. The van der Waals surface area contributed by atoms with E-state index < -0.39 is 12.2 Å². The second-order valence-corrected chi connectivity index (χ2v) is 10.9. The van der Waals surface area contributed by atoms with Crippen LogP contribution in [0.5, 0.6) is 0 Å². The van der Waals surface area contributed by atoms with Crippen LogP contribution in [-0.2, 0) is 25.7 Å². The topological polar surface area (TPSA) is 141 Å². The van der Waals surface area contributed by atoms with Gasteiger partial charge in [0.15, 0.2) is 6.29 Å². The molecule has 0 bridgehead atoms. The molecule has 10 heteroatoms. The van der Waals surface area contributed by atoms with Crippen molar-refractivity contribution in [3.05, 3.63) is 65.2 Å². The zero-order valence-electron chi connectivity index (χ0n) is 23.5. The average Bonchev–Trinajstić information content (AvgIpc) is 3.45. The molecule has 2 aromatic carbocycles. The monoisotopic (exact) mass is 569 g/mol. The standard InChI is InChI=1S/C31H43N3O7/c35-20-22-12-14-23(15-13-22)28-18-27(19-34-16-6-9-26(34)21-36)40-31(41-28)24-7-5-8-25(17-24)32-29(37)10-3-1-2-4-11-30(38)33-39/h5,7-8,12-15,17,26-28,31,35-36,39H,1-4,6,9-11,16,18-21H2,(H,32,37)(H,33,38)/t26-,27+,28-,31-/m0/s1. The molecule has 5 N–H and O–H groups in total. The number of ether oxygens (including phenoxy) is 2. The summed E-state index contributed by atoms with van der Waals surface area (Å²) in [5.41, 5.74) is 4.97. The summed E-state index contributed by atoms with van der Waals surface area (Å²) >= 11 is 0. The zero-order valence-corrected chi connectivity index (χ0v) is 23.5. The fourth-order valence-corrected chi connectivity index (χ4v) is 5.60. The number of likely N-dealkylation sites (tertiary alicyclic amines) is 1. The smallest absolute Gasteiger partial charge is 0.243 e. The molecule has 0 aliphatic carbocycles. The van der Waals surface area contributed by atoms with Crippen LogP contribution in [0.25, 0.3) is 0 Å². The maximum absolute atomic E-state index is 12.6. The highest BCUT2D eigenvalue weighted by Gasteiger charge is 2.35. The van der Waals surface area contributed by atoms with E-state index in [1.54, 1.807) is 5.48 Å². The predicted octanol–water partition coefficient (Wildman–Crippen LogP) is 3.97. The third-order valence-electron chi connectivity index (χ3n) is 7.89. The van der Waals surface area contributed by atoms with Crippen LogP contribution in [0.4, 0.5) is 5.69 Å². The van der Waals surface area contributed by atoms with Crippen LogP contribution >= 0.6 is 0 Å². The van der Waals surface area contributed by atoms with Crippen molar-refractivity contribution < 1.29 is 34.5 Å². The van der Waals surface area contributed by atoms with E-state index in [9.17, 15) is 19.8 Å². The molecule has 4 atom stereocenters. The third-order valence-corrected chi connectivity index (χ3v) is 7.89. The Balaban J connectivity index is 1.38. The fraction of sp³-hybridized carbons (Fsp3) is 0.548. The van der Waals surface area contributed by atoms with Gasteiger partial charge in [0.2, 0.25) is 11.8 Å². The lowest BCUT2D eigenvalue weighted by molar-refractivity contribution is -0.253. The number of amides is 2. The van der Waals surface area contributed by atoms with Gasteiger partial charge in [-0.15, -0.1) is 0 Å². The van der Waals surface area contributed by atoms with E-state index >= 15 is 0 Å². The Morgan fingerprint density at radius 3 is 2.39 bits per heavy atom. The van der Waals surface area contributed by atoms with E-state index in [1.165, 1.54) is 0 Å². The molecule has 2 aromatic rings. The Morgan fingerprint density at radius 1 is 0.927 bits per heavy atom. The van der Waals surface area contributed by atoms with Gasteiger partial charge in [-0.05, 0) is 55.5 Å². The van der Waals surface area contributed by atoms with E-state index in [-0.39, 0.29) is 43.8 Å². The van der Waals surface area contributed by atoms with Crippen molar-refractivity contribution in [2.24, 2.45) is 0 Å². The maximum atomic E-state index is 12.6. The fourth-order valence-electron chi connectivity index (χ4n) is 5.60. The summed E-state index contributed by atoms with van der Waals surface area (Å²) < 4.78 is 12.9. The minimum atomic E-state index is -0.626. The van der Waals surface area contributed by atoms with Crippen molar-refractivity contribution in [2.75, 3.05) is 25.0 Å². The van der Waals surface area contributed by atoms with Gasteiger partial charge >= 0.3 is 0 Å². The summed E-state index contributed by atoms with van der Waals surface area (Å²) in [4.78, 5) is 25.9. The Morgan fingerprint density at radius 2 is 1.68 bits per heavy atom. The highest BCUT2D eigenvalue weighted by Crippen LogP contribution is 2.39. The summed E-state index contributed by atoms with van der Waals surface area (Å²) in [6.45, 7) is 1.77. The molecule has 2 fully saturated rings. The normalized spacial score (nSPS) is 22.9. The lowest BCUT2D eigenvalue weighted by Gasteiger charge is -2.38. The third kappa shape index (κ3) is 9.32. The van der Waals surface area contributed by atoms with Gasteiger partial charge < -0.3 is 25.0 Å². The van der Waals surface area contributed by atoms with Crippen molar-refractivity contribution in [1.82, 2.24) is 10.4 Å². The van der Waals surface area contributed by atoms with Crippen molar-refractivity contribution in [3.8, 4) is 0 Å². The molecule has 2 aliphatic rings. The van der Waals surface area contributed by atoms with Crippen LogP contribution in [-0.4, -0.2) is 64.0 Å². The van der Waals surface area contributed by atoms with E-state index in [2.05, 4.69) is 10.2 Å². The second-order valence-electron chi connectivity index (χ2n) is 10.9. The lowest BCUT2D eigenvalue weighted by Crippen LogP contribution is -2.42. The van der Waals surface area contributed by atoms with Crippen molar-refractivity contribution >= 4 is 17.5 Å². The molecular formula is C31H43N3O7. The number of anilines is 1. The van der Waals surface area contributed by atoms with Crippen LogP contribution in [0, 0.1) is 0 Å². The van der Waals surface area contributed by atoms with Crippen LogP contribution in [0.15, 0.2) is 48.5 Å². The number of nitrogens with zero attached hydrogens (tertiary/aromatic N) is 1. The van der Waals surface area contributed by atoms with Crippen LogP contribution < -0.4 is 10.8 Å². The molecule has 0 aromatic heterocycles. The highest BCUT2D eigenvalue weighted by molar-refractivity contribution is 5.90. The number of rotatable bonds is 14. The number of benzene rings is 2. The lowest BCUT2D eigenvalue weighted by atomic mass is 9.99. The quantitative estimate of drug-likeness (QED) is 0.131. The van der Waals surface area contributed by atoms with E-state index in [0.29, 0.717) is 37.9 Å². The number of aliphatic hydroxyl groups excluding tert-OH is 2. The number of hydrogen-bond donors (Lipinski definition) is 5. The Bertz CT molecular complexity index is 1110. The first kappa shape index (κ1) is 31.1. The summed E-state index contributed by atoms with van der Waals surface area (Å²) in [5, 5.41) is 30.8. The van der Waals surface area contributed by atoms with Crippen LogP contribution in [0.3, 0.4) is 0 Å². The second kappa shape index (κ2) is 16.0. The molecular weight excluding hydrogens is 526 g/mol. The average molecular weight is 570 g/mol. The Kier molecular flexibility index (Phi) is 12.1. The number of aliphatic hydroxyl groups is 2. The molecule has 2 saturated heterocycles. The maximum Gasteiger partial charge on any atom is 0.243 e. The predicted molar refractivity (Wildman–Crippen MR) is 153 cm³/mol. The molecule has 10 nitrogen and oxygen atoms in total.